The first kappa shape index (κ1) is 16.1. The Morgan fingerprint density at radius 1 is 0.957 bits per heavy atom. The minimum atomic E-state index is 0.700. The molecule has 1 aromatic carbocycles. The van der Waals surface area contributed by atoms with E-state index >= 15 is 0 Å². The highest BCUT2D eigenvalue weighted by Gasteiger charge is 2.29. The van der Waals surface area contributed by atoms with Crippen molar-refractivity contribution < 1.29 is 4.74 Å². The van der Waals surface area contributed by atoms with E-state index in [2.05, 4.69) is 18.2 Å². The molecule has 2 saturated carbocycles. The molecule has 0 amide bonds. The van der Waals surface area contributed by atoms with Crippen molar-refractivity contribution in [1.29, 1.82) is 5.26 Å². The van der Waals surface area contributed by atoms with Gasteiger partial charge in [-0.25, -0.2) is 0 Å². The third-order valence-corrected chi connectivity index (χ3v) is 5.91. The Labute approximate surface area is 140 Å². The maximum absolute atomic E-state index is 8.91. The van der Waals surface area contributed by atoms with Crippen molar-refractivity contribution in [3.63, 3.8) is 0 Å². The lowest BCUT2D eigenvalue weighted by atomic mass is 9.69. The number of rotatable bonds is 3. The molecule has 0 atom stereocenters. The van der Waals surface area contributed by atoms with Crippen LogP contribution in [0.1, 0.15) is 68.4 Å². The quantitative estimate of drug-likeness (QED) is 0.685. The molecule has 2 heteroatoms. The van der Waals surface area contributed by atoms with E-state index in [1.807, 2.05) is 18.4 Å². The molecule has 0 heterocycles. The summed E-state index contributed by atoms with van der Waals surface area (Å²) >= 11 is 0. The molecule has 0 radical (unpaired) electrons. The van der Waals surface area contributed by atoms with Crippen LogP contribution in [0.4, 0.5) is 0 Å². The fourth-order valence-corrected chi connectivity index (χ4v) is 4.52. The van der Waals surface area contributed by atoms with Crippen LogP contribution >= 0.6 is 0 Å². The Morgan fingerprint density at radius 2 is 1.57 bits per heavy atom. The monoisotopic (exact) mass is 309 g/mol. The second kappa shape index (κ2) is 7.68. The van der Waals surface area contributed by atoms with E-state index in [9.17, 15) is 0 Å². The zero-order valence-electron chi connectivity index (χ0n) is 14.1. The molecular formula is C21H27NO. The van der Waals surface area contributed by atoms with Crippen LogP contribution in [0, 0.1) is 23.2 Å². The van der Waals surface area contributed by atoms with Crippen LogP contribution in [0.15, 0.2) is 36.1 Å². The zero-order valence-corrected chi connectivity index (χ0v) is 14.1. The molecule has 122 valence electrons. The van der Waals surface area contributed by atoms with Crippen LogP contribution in [-0.4, -0.2) is 7.11 Å². The standard InChI is InChI=1S/C21H27NO/c1-23-15-17-4-8-19(9-5-17)21-12-10-20(11-13-21)18-6-2-16(14-22)3-7-18/h2-3,6-7,15,19-21H,4-5,8-13H2,1H3. The Bertz CT molecular complexity index is 563. The van der Waals surface area contributed by atoms with Gasteiger partial charge in [-0.2, -0.15) is 5.26 Å². The molecule has 3 rings (SSSR count). The molecule has 0 unspecified atom stereocenters. The number of allylic oxidation sites excluding steroid dienone is 1. The summed E-state index contributed by atoms with van der Waals surface area (Å²) in [5, 5.41) is 8.91. The van der Waals surface area contributed by atoms with Crippen molar-refractivity contribution in [2.45, 2.75) is 57.3 Å². The highest BCUT2D eigenvalue weighted by Crippen LogP contribution is 2.43. The van der Waals surface area contributed by atoms with E-state index in [-0.39, 0.29) is 0 Å². The summed E-state index contributed by atoms with van der Waals surface area (Å²) in [6.07, 6.45) is 12.5. The summed E-state index contributed by atoms with van der Waals surface area (Å²) in [4.78, 5) is 0. The third kappa shape index (κ3) is 3.96. The minimum Gasteiger partial charge on any atom is -0.504 e. The summed E-state index contributed by atoms with van der Waals surface area (Å²) in [6.45, 7) is 0. The smallest absolute Gasteiger partial charge is 0.0991 e. The lowest BCUT2D eigenvalue weighted by molar-refractivity contribution is 0.197. The number of methoxy groups -OCH3 is 1. The van der Waals surface area contributed by atoms with Gasteiger partial charge in [-0.15, -0.1) is 0 Å². The van der Waals surface area contributed by atoms with Crippen LogP contribution < -0.4 is 0 Å². The van der Waals surface area contributed by atoms with E-state index in [1.165, 1.54) is 62.5 Å². The molecule has 1 aromatic rings. The van der Waals surface area contributed by atoms with E-state index in [1.54, 1.807) is 7.11 Å². The zero-order chi connectivity index (χ0) is 16.1. The van der Waals surface area contributed by atoms with E-state index in [0.29, 0.717) is 5.92 Å². The van der Waals surface area contributed by atoms with Crippen molar-refractivity contribution in [3.05, 3.63) is 47.2 Å². The van der Waals surface area contributed by atoms with Gasteiger partial charge in [0.05, 0.1) is 25.0 Å². The Balaban J connectivity index is 1.50. The van der Waals surface area contributed by atoms with Gasteiger partial charge in [0.1, 0.15) is 0 Å². The molecule has 0 spiro atoms. The second-order valence-electron chi connectivity index (χ2n) is 7.19. The third-order valence-electron chi connectivity index (χ3n) is 5.91. The summed E-state index contributed by atoms with van der Waals surface area (Å²) in [7, 11) is 1.75. The van der Waals surface area contributed by atoms with Gasteiger partial charge in [-0.05, 0) is 92.4 Å². The number of nitrogens with zero attached hydrogens (tertiary/aromatic N) is 1. The molecule has 2 nitrogen and oxygen atoms in total. The first-order valence-electron chi connectivity index (χ1n) is 9.01. The number of hydrogen-bond donors (Lipinski definition) is 0. The van der Waals surface area contributed by atoms with Gasteiger partial charge in [-0.3, -0.25) is 0 Å². The molecule has 0 aliphatic heterocycles. The van der Waals surface area contributed by atoms with Gasteiger partial charge in [0.25, 0.3) is 0 Å². The maximum Gasteiger partial charge on any atom is 0.0991 e. The fourth-order valence-electron chi connectivity index (χ4n) is 4.52. The van der Waals surface area contributed by atoms with Crippen LogP contribution in [0.5, 0.6) is 0 Å². The second-order valence-corrected chi connectivity index (χ2v) is 7.19. The molecule has 0 N–H and O–H groups in total. The van der Waals surface area contributed by atoms with Gasteiger partial charge in [0.15, 0.2) is 0 Å². The summed E-state index contributed by atoms with van der Waals surface area (Å²) < 4.78 is 5.16. The van der Waals surface area contributed by atoms with Gasteiger partial charge in [-0.1, -0.05) is 12.1 Å². The topological polar surface area (TPSA) is 33.0 Å². The molecule has 0 aromatic heterocycles. The molecule has 0 saturated heterocycles. The van der Waals surface area contributed by atoms with Crippen LogP contribution in [-0.2, 0) is 4.74 Å². The molecule has 2 aliphatic rings. The largest absolute Gasteiger partial charge is 0.504 e. The summed E-state index contributed by atoms with van der Waals surface area (Å²) in [5.74, 6) is 2.55. The van der Waals surface area contributed by atoms with Crippen molar-refractivity contribution in [1.82, 2.24) is 0 Å². The normalized spacial score (nSPS) is 28.0. The van der Waals surface area contributed by atoms with Crippen molar-refractivity contribution >= 4 is 0 Å². The minimum absolute atomic E-state index is 0.700. The van der Waals surface area contributed by atoms with Crippen LogP contribution in [0.3, 0.4) is 0 Å². The molecule has 23 heavy (non-hydrogen) atoms. The summed E-state index contributed by atoms with van der Waals surface area (Å²) in [6, 6.07) is 10.5. The Kier molecular flexibility index (Phi) is 5.39. The Hall–Kier alpha value is -1.75. The predicted molar refractivity (Wildman–Crippen MR) is 92.9 cm³/mol. The highest BCUT2D eigenvalue weighted by molar-refractivity contribution is 5.33. The highest BCUT2D eigenvalue weighted by atomic mass is 16.5. The molecule has 2 fully saturated rings. The van der Waals surface area contributed by atoms with Crippen molar-refractivity contribution in [2.24, 2.45) is 11.8 Å². The number of nitriles is 1. The summed E-state index contributed by atoms with van der Waals surface area (Å²) in [5.41, 5.74) is 3.69. The average Bonchev–Trinajstić information content (AvgIpc) is 2.63. The van der Waals surface area contributed by atoms with E-state index in [0.717, 1.165) is 17.4 Å². The molecule has 2 aliphatic carbocycles. The number of benzene rings is 1. The Morgan fingerprint density at radius 3 is 2.13 bits per heavy atom. The number of hydrogen-bond acceptors (Lipinski definition) is 2. The van der Waals surface area contributed by atoms with Gasteiger partial charge < -0.3 is 4.74 Å². The van der Waals surface area contributed by atoms with E-state index in [4.69, 9.17) is 10.00 Å². The first-order chi connectivity index (χ1) is 11.3. The van der Waals surface area contributed by atoms with E-state index < -0.39 is 0 Å². The molecule has 0 bridgehead atoms. The SMILES string of the molecule is COC=C1CCC(C2CCC(c3ccc(C#N)cc3)CC2)CC1. The first-order valence-corrected chi connectivity index (χ1v) is 9.01. The predicted octanol–water partition coefficient (Wildman–Crippen LogP) is 5.55. The van der Waals surface area contributed by atoms with Crippen LogP contribution in [0.25, 0.3) is 0 Å². The van der Waals surface area contributed by atoms with Crippen molar-refractivity contribution in [3.8, 4) is 6.07 Å². The van der Waals surface area contributed by atoms with Crippen LogP contribution in [0.2, 0.25) is 0 Å². The average molecular weight is 309 g/mol. The molecular weight excluding hydrogens is 282 g/mol. The van der Waals surface area contributed by atoms with Gasteiger partial charge >= 0.3 is 0 Å². The maximum atomic E-state index is 8.91. The van der Waals surface area contributed by atoms with Gasteiger partial charge in [0.2, 0.25) is 0 Å². The lowest BCUT2D eigenvalue weighted by Gasteiger charge is -2.36. The van der Waals surface area contributed by atoms with Crippen molar-refractivity contribution in [2.75, 3.05) is 7.11 Å². The lowest BCUT2D eigenvalue weighted by Crippen LogP contribution is -2.23. The number of ether oxygens (including phenoxy) is 1. The van der Waals surface area contributed by atoms with Gasteiger partial charge in [0, 0.05) is 0 Å². The fraction of sp³-hybridized carbons (Fsp3) is 0.571.